The van der Waals surface area contributed by atoms with E-state index in [4.69, 9.17) is 14.9 Å². The molecule has 0 aliphatic carbocycles. The van der Waals surface area contributed by atoms with Gasteiger partial charge in [0.1, 0.15) is 23.0 Å². The number of nitrogen functional groups attached to an aromatic ring is 1. The smallest absolute Gasteiger partial charge is 0.342 e. The summed E-state index contributed by atoms with van der Waals surface area (Å²) in [5.74, 6) is 1.80. The number of hydrogen-bond donors (Lipinski definition) is 1. The molecule has 1 aliphatic rings. The summed E-state index contributed by atoms with van der Waals surface area (Å²) in [5, 5.41) is 10.1. The first-order valence-electron chi connectivity index (χ1n) is 11.6. The van der Waals surface area contributed by atoms with Gasteiger partial charge in [-0.2, -0.15) is 4.98 Å². The Balaban J connectivity index is 1.46. The minimum atomic E-state index is -0.498. The van der Waals surface area contributed by atoms with Crippen molar-refractivity contribution in [1.29, 1.82) is 0 Å². The van der Waals surface area contributed by atoms with Crippen LogP contribution in [0.2, 0.25) is 0 Å². The number of ether oxygens (including phenoxy) is 1. The first-order chi connectivity index (χ1) is 17.0. The molecule has 4 heterocycles. The van der Waals surface area contributed by atoms with Crippen molar-refractivity contribution < 1.29 is 13.9 Å². The van der Waals surface area contributed by atoms with E-state index in [1.807, 2.05) is 0 Å². The molecule has 10 nitrogen and oxygen atoms in total. The van der Waals surface area contributed by atoms with E-state index in [9.17, 15) is 4.79 Å². The Morgan fingerprint density at radius 2 is 1.89 bits per heavy atom. The van der Waals surface area contributed by atoms with Gasteiger partial charge in [0.25, 0.3) is 0 Å². The summed E-state index contributed by atoms with van der Waals surface area (Å²) in [7, 11) is 0. The van der Waals surface area contributed by atoms with E-state index in [1.165, 1.54) is 17.3 Å². The van der Waals surface area contributed by atoms with E-state index >= 15 is 0 Å². The Morgan fingerprint density at radius 3 is 2.60 bits per heavy atom. The summed E-state index contributed by atoms with van der Waals surface area (Å²) in [6.07, 6.45) is 2.29. The maximum atomic E-state index is 12.4. The highest BCUT2D eigenvalue weighted by atomic mass is 32.2. The fraction of sp³-hybridized carbons (Fsp3) is 0.375. The lowest BCUT2D eigenvalue weighted by Gasteiger charge is -2.18. The number of aromatic nitrogens is 5. The second-order valence-electron chi connectivity index (χ2n) is 8.40. The van der Waals surface area contributed by atoms with Crippen molar-refractivity contribution in [3.8, 4) is 5.69 Å². The Hall–Kier alpha value is -3.60. The van der Waals surface area contributed by atoms with Crippen molar-refractivity contribution in [2.45, 2.75) is 44.5 Å². The number of rotatable bonds is 7. The van der Waals surface area contributed by atoms with Gasteiger partial charge >= 0.3 is 5.97 Å². The third kappa shape index (κ3) is 4.43. The average molecular weight is 494 g/mol. The van der Waals surface area contributed by atoms with Crippen LogP contribution < -0.4 is 10.6 Å². The van der Waals surface area contributed by atoms with Gasteiger partial charge in [-0.25, -0.2) is 9.78 Å². The molecule has 1 aliphatic heterocycles. The van der Waals surface area contributed by atoms with E-state index in [1.54, 1.807) is 13.8 Å². The van der Waals surface area contributed by atoms with Crippen molar-refractivity contribution in [3.05, 3.63) is 47.0 Å². The van der Waals surface area contributed by atoms with Gasteiger partial charge in [-0.05, 0) is 45.7 Å². The minimum absolute atomic E-state index is 0.184. The average Bonchev–Trinajstić information content (AvgIpc) is 3.56. The molecule has 0 bridgehead atoms. The normalized spacial score (nSPS) is 13.6. The van der Waals surface area contributed by atoms with E-state index < -0.39 is 5.97 Å². The van der Waals surface area contributed by atoms with E-state index in [0.29, 0.717) is 22.7 Å². The van der Waals surface area contributed by atoms with Crippen LogP contribution in [0.25, 0.3) is 16.8 Å². The van der Waals surface area contributed by atoms with Crippen LogP contribution in [0.15, 0.2) is 33.8 Å². The number of aryl methyl sites for hydroxylation is 2. The Kier molecular flexibility index (Phi) is 6.33. The first-order valence-corrected chi connectivity index (χ1v) is 12.6. The molecule has 2 N–H and O–H groups in total. The Labute approximate surface area is 206 Å². The second kappa shape index (κ2) is 9.57. The molecule has 0 spiro atoms. The van der Waals surface area contributed by atoms with Crippen LogP contribution >= 0.6 is 11.8 Å². The summed E-state index contributed by atoms with van der Waals surface area (Å²) in [4.78, 5) is 23.6. The molecular formula is C24H27N7O3S. The molecule has 182 valence electrons. The van der Waals surface area contributed by atoms with Crippen molar-refractivity contribution >= 4 is 40.6 Å². The van der Waals surface area contributed by atoms with Crippen molar-refractivity contribution in [2.75, 3.05) is 30.3 Å². The highest BCUT2D eigenvalue weighted by Gasteiger charge is 2.25. The molecule has 1 aromatic carbocycles. The highest BCUT2D eigenvalue weighted by molar-refractivity contribution is 7.98. The van der Waals surface area contributed by atoms with Gasteiger partial charge < -0.3 is 19.8 Å². The molecule has 1 saturated heterocycles. The number of carbonyl (C=O) groups excluding carboxylic acids is 1. The summed E-state index contributed by atoms with van der Waals surface area (Å²) >= 11 is 1.47. The fourth-order valence-corrected chi connectivity index (χ4v) is 5.03. The number of anilines is 2. The second-order valence-corrected chi connectivity index (χ2v) is 9.34. The van der Waals surface area contributed by atoms with Crippen molar-refractivity contribution in [3.63, 3.8) is 0 Å². The third-order valence-corrected chi connectivity index (χ3v) is 6.83. The third-order valence-electron chi connectivity index (χ3n) is 5.91. The molecule has 0 atom stereocenters. The van der Waals surface area contributed by atoms with Crippen molar-refractivity contribution in [2.24, 2.45) is 0 Å². The molecular weight excluding hydrogens is 466 g/mol. The van der Waals surface area contributed by atoms with Crippen LogP contribution in [-0.2, 0) is 10.5 Å². The zero-order chi connectivity index (χ0) is 24.5. The molecule has 0 radical (unpaired) electrons. The summed E-state index contributed by atoms with van der Waals surface area (Å²) < 4.78 is 12.9. The maximum absolute atomic E-state index is 12.4. The van der Waals surface area contributed by atoms with Crippen LogP contribution in [0.1, 0.15) is 47.3 Å². The minimum Gasteiger partial charge on any atom is -0.462 e. The number of hydrogen-bond acceptors (Lipinski definition) is 10. The van der Waals surface area contributed by atoms with Crippen LogP contribution in [0.5, 0.6) is 0 Å². The molecule has 3 aromatic heterocycles. The summed E-state index contributed by atoms with van der Waals surface area (Å²) in [6.45, 7) is 7.67. The number of furan rings is 1. The van der Waals surface area contributed by atoms with Gasteiger partial charge in [0.15, 0.2) is 5.16 Å². The zero-order valence-electron chi connectivity index (χ0n) is 19.9. The number of benzene rings is 1. The number of carbonyl (C=O) groups is 1. The summed E-state index contributed by atoms with van der Waals surface area (Å²) in [5.41, 5.74) is 8.96. The predicted octanol–water partition coefficient (Wildman–Crippen LogP) is 4.07. The predicted molar refractivity (Wildman–Crippen MR) is 134 cm³/mol. The quantitative estimate of drug-likeness (QED) is 0.297. The molecule has 4 aromatic rings. The number of fused-ring (bicyclic) bond motifs is 1. The fourth-order valence-electron chi connectivity index (χ4n) is 4.22. The lowest BCUT2D eigenvalue weighted by atomic mass is 10.2. The van der Waals surface area contributed by atoms with Crippen LogP contribution in [0, 0.1) is 13.8 Å². The molecule has 0 amide bonds. The van der Waals surface area contributed by atoms with Gasteiger partial charge in [0.05, 0.1) is 23.4 Å². The number of thioether (sulfide) groups is 1. The molecule has 0 unspecified atom stereocenters. The van der Waals surface area contributed by atoms with Gasteiger partial charge in [-0.3, -0.25) is 4.57 Å². The van der Waals surface area contributed by atoms with Crippen molar-refractivity contribution in [1.82, 2.24) is 24.7 Å². The van der Waals surface area contributed by atoms with E-state index in [2.05, 4.69) is 60.8 Å². The van der Waals surface area contributed by atoms with Gasteiger partial charge in [-0.1, -0.05) is 29.5 Å². The highest BCUT2D eigenvalue weighted by Crippen LogP contribution is 2.32. The van der Waals surface area contributed by atoms with Gasteiger partial charge in [0.2, 0.25) is 11.7 Å². The lowest BCUT2D eigenvalue weighted by Crippen LogP contribution is -2.22. The van der Waals surface area contributed by atoms with Gasteiger partial charge in [0, 0.05) is 13.1 Å². The SMILES string of the molecule is CCOC(=O)c1c(C)oc2nc(CSc3nnc(N4CCCC4)n3-c3ccc(C)cc3)nc(N)c12. The Bertz CT molecular complexity index is 1370. The molecule has 5 rings (SSSR count). The molecule has 11 heteroatoms. The molecule has 0 saturated carbocycles. The molecule has 35 heavy (non-hydrogen) atoms. The lowest BCUT2D eigenvalue weighted by molar-refractivity contribution is 0.0526. The topological polar surface area (TPSA) is 125 Å². The monoisotopic (exact) mass is 493 g/mol. The molecule has 1 fully saturated rings. The van der Waals surface area contributed by atoms with Crippen LogP contribution in [0.3, 0.4) is 0 Å². The number of nitrogens with zero attached hydrogens (tertiary/aromatic N) is 6. The largest absolute Gasteiger partial charge is 0.462 e. The first kappa shape index (κ1) is 23.2. The standard InChI is InChI=1S/C24H27N7O3S/c1-4-33-22(32)18-15(3)34-21-19(18)20(25)26-17(27-21)13-35-24-29-28-23(30-11-5-6-12-30)31(24)16-9-7-14(2)8-10-16/h7-10H,4-6,11-13H2,1-3H3,(H2,25,26,27). The number of esters is 1. The summed E-state index contributed by atoms with van der Waals surface area (Å²) in [6, 6.07) is 8.31. The van der Waals surface area contributed by atoms with Crippen LogP contribution in [0.4, 0.5) is 11.8 Å². The van der Waals surface area contributed by atoms with Gasteiger partial charge in [-0.15, -0.1) is 10.2 Å². The van der Waals surface area contributed by atoms with Crippen LogP contribution in [-0.4, -0.2) is 50.4 Å². The number of nitrogens with two attached hydrogens (primary N) is 1. The van der Waals surface area contributed by atoms with E-state index in [-0.39, 0.29) is 23.7 Å². The maximum Gasteiger partial charge on any atom is 0.342 e. The Morgan fingerprint density at radius 1 is 1.14 bits per heavy atom. The van der Waals surface area contributed by atoms with E-state index in [0.717, 1.165) is 42.7 Å². The zero-order valence-corrected chi connectivity index (χ0v) is 20.8.